The van der Waals surface area contributed by atoms with E-state index < -0.39 is 57.0 Å². The van der Waals surface area contributed by atoms with E-state index >= 15 is 0 Å². The number of nitrogens with zero attached hydrogens (tertiary/aromatic N) is 2. The highest BCUT2D eigenvalue weighted by atomic mass is 32.2. The van der Waals surface area contributed by atoms with Crippen LogP contribution in [0.25, 0.3) is 0 Å². The minimum Gasteiger partial charge on any atom is -0.467 e. The van der Waals surface area contributed by atoms with Gasteiger partial charge in [0.1, 0.15) is 6.04 Å². The number of carbonyl (C=O) groups excluding carboxylic acids is 3. The van der Waals surface area contributed by atoms with E-state index in [0.29, 0.717) is 0 Å². The van der Waals surface area contributed by atoms with Crippen LogP contribution in [0.2, 0.25) is 0 Å². The molecule has 13 heteroatoms. The Morgan fingerprint density at radius 3 is 2.14 bits per heavy atom. The lowest BCUT2D eigenvalue weighted by Crippen LogP contribution is -2.58. The van der Waals surface area contributed by atoms with Crippen LogP contribution in [0, 0.1) is 6.92 Å². The number of carbonyl (C=O) groups is 3. The molecule has 12 nitrogen and oxygen atoms in total. The summed E-state index contributed by atoms with van der Waals surface area (Å²) in [5.41, 5.74) is 17.9. The number of esters is 1. The number of nitrogens with two attached hydrogens (primary N) is 3. The van der Waals surface area contributed by atoms with Crippen molar-refractivity contribution in [1.29, 1.82) is 0 Å². The van der Waals surface area contributed by atoms with Crippen LogP contribution < -0.4 is 22.5 Å². The van der Waals surface area contributed by atoms with Gasteiger partial charge in [-0.05, 0) is 51.8 Å². The molecule has 0 spiro atoms. The molecule has 0 saturated carbocycles. The Bertz CT molecular complexity index is 1350. The third-order valence-electron chi connectivity index (χ3n) is 6.58. The number of guanidine groups is 1. The molecule has 2 aromatic carbocycles. The number of methoxy groups -OCH3 is 1. The Morgan fingerprint density at radius 1 is 1.02 bits per heavy atom. The highest BCUT2D eigenvalue weighted by Gasteiger charge is 2.38. The lowest BCUT2D eigenvalue weighted by molar-refractivity contribution is -0.157. The first-order valence-corrected chi connectivity index (χ1v) is 15.0. The first-order valence-electron chi connectivity index (χ1n) is 13.4. The van der Waals surface area contributed by atoms with Gasteiger partial charge >= 0.3 is 5.97 Å². The molecule has 0 fully saturated rings. The first-order chi connectivity index (χ1) is 19.6. The molecule has 42 heavy (non-hydrogen) atoms. The van der Waals surface area contributed by atoms with Gasteiger partial charge in [-0.15, -0.1) is 0 Å². The van der Waals surface area contributed by atoms with Crippen molar-refractivity contribution >= 4 is 33.6 Å². The molecule has 0 unspecified atom stereocenters. The van der Waals surface area contributed by atoms with Gasteiger partial charge in [-0.1, -0.05) is 48.0 Å². The van der Waals surface area contributed by atoms with Gasteiger partial charge in [0.05, 0.1) is 36.4 Å². The van der Waals surface area contributed by atoms with Crippen LogP contribution in [0.3, 0.4) is 0 Å². The molecule has 7 N–H and O–H groups in total. The van der Waals surface area contributed by atoms with Crippen LogP contribution >= 0.6 is 0 Å². The van der Waals surface area contributed by atoms with Gasteiger partial charge < -0.3 is 32.2 Å². The molecule has 0 aliphatic rings. The second-order valence-electron chi connectivity index (χ2n) is 11.0. The fraction of sp³-hybridized carbons (Fsp3) is 0.448. The number of hydrogen-bond donors (Lipinski definition) is 4. The van der Waals surface area contributed by atoms with Crippen molar-refractivity contribution in [3.8, 4) is 0 Å². The van der Waals surface area contributed by atoms with E-state index in [1.165, 1.54) is 24.1 Å². The van der Waals surface area contributed by atoms with Crippen molar-refractivity contribution in [3.05, 3.63) is 65.7 Å². The number of amides is 2. The number of rotatable bonds is 13. The molecule has 3 atom stereocenters. The molecule has 0 saturated heterocycles. The SMILES string of the molecule is COC(=O)[C@H](Cc1ccccc1)N(C(=O)CNC(=O)[C@@H](N)C[C@@H](CN=C(N)N)S(=O)(=O)c1ccc(C)cc1)C(C)(C)C. The molecule has 0 radical (unpaired) electrons. The number of nitrogens with one attached hydrogen (secondary N) is 1. The van der Waals surface area contributed by atoms with Gasteiger partial charge in [-0.3, -0.25) is 14.6 Å². The highest BCUT2D eigenvalue weighted by molar-refractivity contribution is 7.92. The predicted molar refractivity (Wildman–Crippen MR) is 161 cm³/mol. The normalized spacial score (nSPS) is 13.8. The maximum Gasteiger partial charge on any atom is 0.328 e. The Balaban J connectivity index is 2.22. The van der Waals surface area contributed by atoms with E-state index in [4.69, 9.17) is 21.9 Å². The Hall–Kier alpha value is -3.97. The number of aliphatic imine (C=N–C) groups is 1. The lowest BCUT2D eigenvalue weighted by atomic mass is 9.97. The van der Waals surface area contributed by atoms with Gasteiger partial charge in [0.15, 0.2) is 15.8 Å². The number of hydrogen-bond acceptors (Lipinski definition) is 8. The molecule has 0 heterocycles. The van der Waals surface area contributed by atoms with Crippen LogP contribution in [0.5, 0.6) is 0 Å². The maximum absolute atomic E-state index is 13.5. The molecular weight excluding hydrogens is 560 g/mol. The standard InChI is InChI=1S/C29H42N6O6S/c1-19-11-13-21(14-12-19)42(39,40)22(17-34-28(31)32)16-23(30)26(37)33-18-25(36)35(29(2,3)4)24(27(38)41-5)15-20-9-7-6-8-10-20/h6-14,22-24H,15-18,30H2,1-5H3,(H,33,37)(H4,31,32,34)/t22-,23-,24-/m0/s1. The summed E-state index contributed by atoms with van der Waals surface area (Å²) in [5.74, 6) is -2.20. The average molecular weight is 603 g/mol. The van der Waals surface area contributed by atoms with Crippen molar-refractivity contribution < 1.29 is 27.5 Å². The monoisotopic (exact) mass is 602 g/mol. The summed E-state index contributed by atoms with van der Waals surface area (Å²) in [6, 6.07) is 13.2. The molecule has 0 aliphatic carbocycles. The summed E-state index contributed by atoms with van der Waals surface area (Å²) in [5, 5.41) is 1.28. The summed E-state index contributed by atoms with van der Waals surface area (Å²) in [4.78, 5) is 44.5. The fourth-order valence-electron chi connectivity index (χ4n) is 4.47. The van der Waals surface area contributed by atoms with Crippen molar-refractivity contribution in [2.24, 2.45) is 22.2 Å². The van der Waals surface area contributed by atoms with E-state index in [1.54, 1.807) is 32.9 Å². The molecule has 0 aliphatic heterocycles. The Morgan fingerprint density at radius 2 is 1.62 bits per heavy atom. The van der Waals surface area contributed by atoms with Gasteiger partial charge in [0.25, 0.3) is 0 Å². The Labute approximate surface area is 247 Å². The summed E-state index contributed by atoms with van der Waals surface area (Å²) >= 11 is 0. The molecule has 2 amide bonds. The second-order valence-corrected chi connectivity index (χ2v) is 13.2. The first kappa shape index (κ1) is 34.2. The van der Waals surface area contributed by atoms with Gasteiger partial charge in [0, 0.05) is 12.0 Å². The maximum atomic E-state index is 13.5. The highest BCUT2D eigenvalue weighted by Crippen LogP contribution is 2.23. The number of aryl methyl sites for hydroxylation is 1. The van der Waals surface area contributed by atoms with E-state index in [1.807, 2.05) is 37.3 Å². The van der Waals surface area contributed by atoms with Crippen molar-refractivity contribution in [1.82, 2.24) is 10.2 Å². The predicted octanol–water partition coefficient (Wildman–Crippen LogP) is 0.656. The largest absolute Gasteiger partial charge is 0.467 e. The van der Waals surface area contributed by atoms with Crippen molar-refractivity contribution in [2.75, 3.05) is 20.2 Å². The summed E-state index contributed by atoms with van der Waals surface area (Å²) < 4.78 is 31.7. The summed E-state index contributed by atoms with van der Waals surface area (Å²) in [6.45, 7) is 6.34. The average Bonchev–Trinajstić information content (AvgIpc) is 2.92. The molecule has 0 bridgehead atoms. The van der Waals surface area contributed by atoms with Gasteiger partial charge in [-0.2, -0.15) is 0 Å². The van der Waals surface area contributed by atoms with E-state index in [9.17, 15) is 22.8 Å². The molecule has 2 aromatic rings. The summed E-state index contributed by atoms with van der Waals surface area (Å²) in [7, 11) is -2.72. The summed E-state index contributed by atoms with van der Waals surface area (Å²) in [6.07, 6.45) is -0.109. The van der Waals surface area contributed by atoms with Crippen LogP contribution in [0.1, 0.15) is 38.3 Å². The van der Waals surface area contributed by atoms with Crippen molar-refractivity contribution in [2.45, 2.75) is 68.3 Å². The molecule has 230 valence electrons. The molecular formula is C29H42N6O6S. The minimum absolute atomic E-state index is 0.0414. The number of ether oxygens (including phenoxy) is 1. The Kier molecular flexibility index (Phi) is 12.0. The second kappa shape index (κ2) is 14.8. The molecule has 2 rings (SSSR count). The van der Waals surface area contributed by atoms with Gasteiger partial charge in [0.2, 0.25) is 11.8 Å². The van der Waals surface area contributed by atoms with Crippen LogP contribution in [0.15, 0.2) is 64.5 Å². The zero-order valence-corrected chi connectivity index (χ0v) is 25.6. The van der Waals surface area contributed by atoms with Crippen LogP contribution in [-0.2, 0) is 35.4 Å². The number of benzene rings is 2. The van der Waals surface area contributed by atoms with E-state index in [0.717, 1.165) is 11.1 Å². The van der Waals surface area contributed by atoms with E-state index in [-0.39, 0.29) is 30.2 Å². The van der Waals surface area contributed by atoms with E-state index in [2.05, 4.69) is 10.3 Å². The van der Waals surface area contributed by atoms with Gasteiger partial charge in [-0.25, -0.2) is 13.2 Å². The topological polar surface area (TPSA) is 200 Å². The quantitative estimate of drug-likeness (QED) is 0.144. The van der Waals surface area contributed by atoms with Crippen LogP contribution in [-0.4, -0.2) is 80.1 Å². The minimum atomic E-state index is -3.96. The van der Waals surface area contributed by atoms with Crippen LogP contribution in [0.4, 0.5) is 0 Å². The third kappa shape index (κ3) is 9.55. The number of sulfone groups is 1. The van der Waals surface area contributed by atoms with Crippen molar-refractivity contribution in [3.63, 3.8) is 0 Å². The third-order valence-corrected chi connectivity index (χ3v) is 8.73. The fourth-order valence-corrected chi connectivity index (χ4v) is 6.10. The lowest BCUT2D eigenvalue weighted by Gasteiger charge is -2.40. The smallest absolute Gasteiger partial charge is 0.328 e. The zero-order chi connectivity index (χ0) is 31.7. The molecule has 0 aromatic heterocycles. The zero-order valence-electron chi connectivity index (χ0n) is 24.7.